The van der Waals surface area contributed by atoms with E-state index in [4.69, 9.17) is 16.3 Å². The average Bonchev–Trinajstić information content (AvgIpc) is 3.86. The summed E-state index contributed by atoms with van der Waals surface area (Å²) in [4.78, 5) is 71.8. The number of hydrogen-bond acceptors (Lipinski definition) is 10. The van der Waals surface area contributed by atoms with E-state index in [9.17, 15) is 29.1 Å². The van der Waals surface area contributed by atoms with Gasteiger partial charge in [-0.2, -0.15) is 4.68 Å². The van der Waals surface area contributed by atoms with Gasteiger partial charge in [0, 0.05) is 66.1 Å². The zero-order chi connectivity index (χ0) is 37.8. The smallest absolute Gasteiger partial charge is 0.352 e. The predicted molar refractivity (Wildman–Crippen MR) is 197 cm³/mol. The Morgan fingerprint density at radius 3 is 2.48 bits per heavy atom. The van der Waals surface area contributed by atoms with Crippen molar-refractivity contribution in [2.24, 2.45) is 0 Å². The van der Waals surface area contributed by atoms with Gasteiger partial charge in [-0.25, -0.2) is 4.79 Å². The molecule has 5 aromatic rings. The third-order valence-corrected chi connectivity index (χ3v) is 9.63. The van der Waals surface area contributed by atoms with Crippen molar-refractivity contribution in [2.45, 2.75) is 31.3 Å². The van der Waals surface area contributed by atoms with Gasteiger partial charge in [-0.05, 0) is 83.4 Å². The Balaban J connectivity index is 1.07. The van der Waals surface area contributed by atoms with Gasteiger partial charge >= 0.3 is 17.8 Å². The number of rotatable bonds is 10. The molecule has 0 aliphatic carbocycles. The summed E-state index contributed by atoms with van der Waals surface area (Å²) in [7, 11) is 0. The van der Waals surface area contributed by atoms with E-state index in [0.29, 0.717) is 65.9 Å². The molecule has 54 heavy (non-hydrogen) atoms. The molecule has 5 N–H and O–H groups in total. The number of aromatic amines is 1. The van der Waals surface area contributed by atoms with Crippen molar-refractivity contribution < 1.29 is 33.8 Å². The van der Waals surface area contributed by atoms with Crippen LogP contribution in [-0.2, 0) is 30.3 Å². The maximum Gasteiger partial charge on any atom is 0.352 e. The second-order valence-electron chi connectivity index (χ2n) is 12.9. The number of nitrogens with zero attached hydrogens (tertiary/aromatic N) is 6. The minimum atomic E-state index is -1.24. The van der Waals surface area contributed by atoms with Gasteiger partial charge in [-0.15, -0.1) is 5.10 Å². The lowest BCUT2D eigenvalue weighted by molar-refractivity contribution is -0.137. The fourth-order valence-corrected chi connectivity index (χ4v) is 6.79. The van der Waals surface area contributed by atoms with E-state index in [1.165, 1.54) is 23.1 Å². The standard InChI is InChI=1S/C36H35ClN10O7/c37-23-3-8-31(47-20-38-43-44-47)28(18-23)41-34(50)35(51)42-29(33(49)39-24-4-7-27-22(16-24)17-30(40-27)36(52)53)15-21-1-5-26(6-2-21)46-12-11-45(19-32(46)48)25-9-13-54-14-10-25/h1-8,16-18,20,25,29,40H,9-15,19H2,(H,39,49)(H,41,50)(H,42,51)(H,52,53)/t29-/m0/s1. The summed E-state index contributed by atoms with van der Waals surface area (Å²) < 4.78 is 6.75. The van der Waals surface area contributed by atoms with Crippen LogP contribution in [0.2, 0.25) is 5.02 Å². The second kappa shape index (κ2) is 15.8. The number of piperazine rings is 1. The number of carboxylic acids is 1. The van der Waals surface area contributed by atoms with Gasteiger partial charge in [0.1, 0.15) is 18.1 Å². The number of tetrazole rings is 1. The molecule has 0 bridgehead atoms. The highest BCUT2D eigenvalue weighted by Crippen LogP contribution is 2.25. The van der Waals surface area contributed by atoms with Crippen molar-refractivity contribution in [1.29, 1.82) is 0 Å². The molecule has 0 radical (unpaired) electrons. The lowest BCUT2D eigenvalue weighted by Crippen LogP contribution is -2.54. The molecule has 2 aromatic heterocycles. The highest BCUT2D eigenvalue weighted by molar-refractivity contribution is 6.40. The molecule has 0 saturated carbocycles. The zero-order valence-electron chi connectivity index (χ0n) is 28.7. The fourth-order valence-electron chi connectivity index (χ4n) is 6.62. The number of benzene rings is 3. The summed E-state index contributed by atoms with van der Waals surface area (Å²) in [6.07, 6.45) is 3.10. The van der Waals surface area contributed by atoms with Crippen LogP contribution in [0.5, 0.6) is 0 Å². The normalized spacial score (nSPS) is 15.9. The number of nitrogens with one attached hydrogen (secondary N) is 4. The molecule has 1 atom stereocenters. The van der Waals surface area contributed by atoms with Gasteiger partial charge < -0.3 is 35.7 Å². The number of amides is 4. The number of carbonyl (C=O) groups excluding carboxylic acids is 4. The highest BCUT2D eigenvalue weighted by Gasteiger charge is 2.31. The number of carbonyl (C=O) groups is 5. The van der Waals surface area contributed by atoms with E-state index in [0.717, 1.165) is 19.4 Å². The van der Waals surface area contributed by atoms with Crippen LogP contribution in [0.1, 0.15) is 28.9 Å². The number of halogens is 1. The molecule has 0 spiro atoms. The molecule has 2 fully saturated rings. The van der Waals surface area contributed by atoms with Crippen LogP contribution in [-0.4, -0.2) is 110 Å². The molecule has 4 amide bonds. The Labute approximate surface area is 312 Å². The number of hydrogen-bond donors (Lipinski definition) is 5. The number of aromatic carboxylic acids is 1. The van der Waals surface area contributed by atoms with Crippen molar-refractivity contribution in [3.05, 3.63) is 89.3 Å². The lowest BCUT2D eigenvalue weighted by atomic mass is 10.0. The van der Waals surface area contributed by atoms with Crippen LogP contribution < -0.4 is 20.9 Å². The van der Waals surface area contributed by atoms with Crippen LogP contribution >= 0.6 is 11.6 Å². The fraction of sp³-hybridized carbons (Fsp3) is 0.278. The molecule has 3 aromatic carbocycles. The minimum Gasteiger partial charge on any atom is -0.477 e. The molecule has 2 saturated heterocycles. The van der Waals surface area contributed by atoms with Gasteiger partial charge in [-0.1, -0.05) is 23.7 Å². The Morgan fingerprint density at radius 1 is 0.963 bits per heavy atom. The quantitative estimate of drug-likeness (QED) is 0.131. The Hall–Kier alpha value is -6.17. The average molecular weight is 755 g/mol. The van der Waals surface area contributed by atoms with Gasteiger partial charge in [-0.3, -0.25) is 24.1 Å². The molecule has 2 aliphatic heterocycles. The number of H-pyrrole nitrogens is 1. The predicted octanol–water partition coefficient (Wildman–Crippen LogP) is 2.63. The molecule has 7 rings (SSSR count). The maximum atomic E-state index is 13.8. The van der Waals surface area contributed by atoms with Crippen molar-refractivity contribution in [3.8, 4) is 5.69 Å². The topological polar surface area (TPSA) is 217 Å². The van der Waals surface area contributed by atoms with E-state index in [1.807, 2.05) is 0 Å². The van der Waals surface area contributed by atoms with Crippen LogP contribution in [0.25, 0.3) is 16.6 Å². The maximum absolute atomic E-state index is 13.8. The molecular weight excluding hydrogens is 720 g/mol. The van der Waals surface area contributed by atoms with E-state index in [1.54, 1.807) is 59.5 Å². The molecule has 18 heteroatoms. The minimum absolute atomic E-state index is 0.00571. The van der Waals surface area contributed by atoms with Crippen LogP contribution in [0.15, 0.2) is 73.1 Å². The lowest BCUT2D eigenvalue weighted by Gasteiger charge is -2.40. The van der Waals surface area contributed by atoms with Crippen molar-refractivity contribution in [1.82, 2.24) is 35.4 Å². The Kier molecular flexibility index (Phi) is 10.6. The van der Waals surface area contributed by atoms with Gasteiger partial charge in [0.05, 0.1) is 17.9 Å². The number of aromatic nitrogens is 5. The van der Waals surface area contributed by atoms with Crippen molar-refractivity contribution >= 4 is 69.2 Å². The molecule has 4 heterocycles. The Bertz CT molecular complexity index is 2200. The van der Waals surface area contributed by atoms with Crippen LogP contribution in [0.3, 0.4) is 0 Å². The van der Waals surface area contributed by atoms with Crippen LogP contribution in [0, 0.1) is 0 Å². The molecular formula is C36H35ClN10O7. The summed E-state index contributed by atoms with van der Waals surface area (Å²) in [6.45, 7) is 3.00. The summed E-state index contributed by atoms with van der Waals surface area (Å²) >= 11 is 6.17. The Morgan fingerprint density at radius 2 is 1.76 bits per heavy atom. The van der Waals surface area contributed by atoms with Crippen LogP contribution in [0.4, 0.5) is 17.1 Å². The first-order valence-corrected chi connectivity index (χ1v) is 17.5. The monoisotopic (exact) mass is 754 g/mol. The first-order valence-electron chi connectivity index (χ1n) is 17.1. The second-order valence-corrected chi connectivity index (χ2v) is 13.3. The summed E-state index contributed by atoms with van der Waals surface area (Å²) in [5.74, 6) is -3.95. The first kappa shape index (κ1) is 36.2. The summed E-state index contributed by atoms with van der Waals surface area (Å²) in [6, 6.07) is 17.0. The number of fused-ring (bicyclic) bond motifs is 1. The molecule has 2 aliphatic rings. The molecule has 278 valence electrons. The number of anilines is 3. The largest absolute Gasteiger partial charge is 0.477 e. The van der Waals surface area contributed by atoms with Crippen molar-refractivity contribution in [3.63, 3.8) is 0 Å². The van der Waals surface area contributed by atoms with Gasteiger partial charge in [0.15, 0.2) is 0 Å². The van der Waals surface area contributed by atoms with E-state index >= 15 is 0 Å². The highest BCUT2D eigenvalue weighted by atomic mass is 35.5. The SMILES string of the molecule is O=C(Nc1cc(Cl)ccc1-n1cnnn1)C(=O)N[C@@H](Cc1ccc(N2CCN(C3CCOCC3)CC2=O)cc1)C(=O)Nc1ccc2[nH]c(C(=O)O)cc2c1. The molecule has 0 unspecified atom stereocenters. The zero-order valence-corrected chi connectivity index (χ0v) is 29.5. The summed E-state index contributed by atoms with van der Waals surface area (Å²) in [5, 5.41) is 29.0. The molecule has 17 nitrogen and oxygen atoms in total. The number of carboxylic acid groups (broad SMARTS) is 1. The van der Waals surface area contributed by atoms with E-state index < -0.39 is 29.7 Å². The van der Waals surface area contributed by atoms with E-state index in [-0.39, 0.29) is 28.7 Å². The van der Waals surface area contributed by atoms with Gasteiger partial charge in [0.25, 0.3) is 0 Å². The van der Waals surface area contributed by atoms with Gasteiger partial charge in [0.2, 0.25) is 11.8 Å². The summed E-state index contributed by atoms with van der Waals surface area (Å²) in [5.41, 5.74) is 2.73. The third-order valence-electron chi connectivity index (χ3n) is 9.39. The third kappa shape index (κ3) is 8.22. The van der Waals surface area contributed by atoms with Crippen molar-refractivity contribution in [2.75, 3.05) is 48.4 Å². The first-order chi connectivity index (χ1) is 26.1. The van der Waals surface area contributed by atoms with E-state index in [2.05, 4.69) is 41.4 Å². The number of ether oxygens (including phenoxy) is 1.